The Bertz CT molecular complexity index is 937. The molecule has 15 heteroatoms. The van der Waals surface area contributed by atoms with E-state index in [-0.39, 0.29) is 19.3 Å². The molecule has 36 heavy (non-hydrogen) atoms. The summed E-state index contributed by atoms with van der Waals surface area (Å²) in [7, 11) is 0. The van der Waals surface area contributed by atoms with Gasteiger partial charge in [-0.2, -0.15) is 0 Å². The first-order valence-corrected chi connectivity index (χ1v) is 11.3. The third-order valence-electron chi connectivity index (χ3n) is 5.46. The second-order valence-corrected chi connectivity index (χ2v) is 8.40. The van der Waals surface area contributed by atoms with E-state index in [1.54, 1.807) is 13.8 Å². The maximum absolute atomic E-state index is 13.0. The van der Waals surface area contributed by atoms with E-state index in [2.05, 4.69) is 25.9 Å². The number of rotatable bonds is 16. The van der Waals surface area contributed by atoms with Gasteiger partial charge in [-0.1, -0.05) is 20.3 Å². The van der Waals surface area contributed by atoms with Crippen molar-refractivity contribution in [3.05, 3.63) is 18.2 Å². The molecule has 0 aliphatic carbocycles. The van der Waals surface area contributed by atoms with Gasteiger partial charge in [0, 0.05) is 24.7 Å². The number of nitrogens with zero attached hydrogens (tertiary/aromatic N) is 1. The Labute approximate surface area is 207 Å². The van der Waals surface area contributed by atoms with Crippen LogP contribution in [0.2, 0.25) is 0 Å². The number of aliphatic carboxylic acids is 1. The molecule has 15 nitrogen and oxygen atoms in total. The second-order valence-electron chi connectivity index (χ2n) is 8.40. The molecule has 0 aliphatic rings. The van der Waals surface area contributed by atoms with Crippen molar-refractivity contribution in [3.63, 3.8) is 0 Å². The van der Waals surface area contributed by atoms with Gasteiger partial charge >= 0.3 is 5.97 Å². The van der Waals surface area contributed by atoms with E-state index in [1.807, 2.05) is 0 Å². The number of carbonyl (C=O) groups is 6. The molecule has 5 atom stereocenters. The van der Waals surface area contributed by atoms with E-state index < -0.39 is 72.0 Å². The van der Waals surface area contributed by atoms with Gasteiger partial charge in [-0.05, 0) is 12.3 Å². The molecule has 0 saturated carbocycles. The number of hydrogen-bond donors (Lipinski definition) is 8. The maximum atomic E-state index is 13.0. The summed E-state index contributed by atoms with van der Waals surface area (Å²) in [5.41, 5.74) is 16.7. The monoisotopic (exact) mass is 510 g/mol. The van der Waals surface area contributed by atoms with Crippen molar-refractivity contribution >= 4 is 35.5 Å². The average molecular weight is 511 g/mol. The van der Waals surface area contributed by atoms with Gasteiger partial charge < -0.3 is 43.2 Å². The molecule has 0 fully saturated rings. The Balaban J connectivity index is 2.97. The minimum atomic E-state index is -1.44. The molecule has 1 aromatic rings. The fraction of sp³-hybridized carbons (Fsp3) is 0.571. The van der Waals surface area contributed by atoms with Crippen molar-refractivity contribution in [2.24, 2.45) is 23.1 Å². The lowest BCUT2D eigenvalue weighted by atomic mass is 9.97. The van der Waals surface area contributed by atoms with E-state index >= 15 is 0 Å². The van der Waals surface area contributed by atoms with Crippen LogP contribution >= 0.6 is 0 Å². The lowest BCUT2D eigenvalue weighted by molar-refractivity contribution is -0.143. The molecule has 1 aromatic heterocycles. The number of aromatic nitrogens is 2. The number of amides is 5. The smallest absolute Gasteiger partial charge is 0.326 e. The SMILES string of the molecule is CCC(C)C(NC(=O)C(CC(N)=O)NC(=O)C(N)Cc1cnc[nH]1)C(=O)NC(CCC(N)=O)C(=O)O. The summed E-state index contributed by atoms with van der Waals surface area (Å²) >= 11 is 0. The molecule has 5 unspecified atom stereocenters. The summed E-state index contributed by atoms with van der Waals surface area (Å²) in [6.07, 6.45) is 2.29. The van der Waals surface area contributed by atoms with Crippen LogP contribution in [-0.4, -0.2) is 74.7 Å². The van der Waals surface area contributed by atoms with Gasteiger partial charge in [0.2, 0.25) is 29.5 Å². The number of aromatic amines is 1. The molecule has 1 heterocycles. The van der Waals surface area contributed by atoms with Crippen molar-refractivity contribution in [1.82, 2.24) is 25.9 Å². The molecule has 0 saturated heterocycles. The summed E-state index contributed by atoms with van der Waals surface area (Å²) in [5, 5.41) is 16.5. The summed E-state index contributed by atoms with van der Waals surface area (Å²) in [6.45, 7) is 3.39. The predicted molar refractivity (Wildman–Crippen MR) is 125 cm³/mol. The minimum absolute atomic E-state index is 0.0799. The Morgan fingerprint density at radius 1 is 1.00 bits per heavy atom. The molecule has 200 valence electrons. The number of carbonyl (C=O) groups excluding carboxylic acids is 5. The summed E-state index contributed by atoms with van der Waals surface area (Å²) in [5.74, 6) is -5.93. The number of nitrogens with two attached hydrogens (primary N) is 3. The fourth-order valence-corrected chi connectivity index (χ4v) is 3.18. The molecular formula is C21H34N8O7. The van der Waals surface area contributed by atoms with Crippen LogP contribution in [0.4, 0.5) is 0 Å². The summed E-state index contributed by atoms with van der Waals surface area (Å²) in [4.78, 5) is 79.0. The normalized spacial score (nSPS) is 15.0. The first kappa shape index (κ1) is 30.0. The van der Waals surface area contributed by atoms with Gasteiger partial charge in [-0.3, -0.25) is 24.0 Å². The number of imidazole rings is 1. The zero-order valence-electron chi connectivity index (χ0n) is 20.2. The van der Waals surface area contributed by atoms with Gasteiger partial charge in [0.25, 0.3) is 0 Å². The zero-order chi connectivity index (χ0) is 27.4. The predicted octanol–water partition coefficient (Wildman–Crippen LogP) is -2.99. The highest BCUT2D eigenvalue weighted by atomic mass is 16.4. The van der Waals surface area contributed by atoms with E-state index in [0.717, 1.165) is 0 Å². The van der Waals surface area contributed by atoms with Gasteiger partial charge in [-0.15, -0.1) is 0 Å². The van der Waals surface area contributed by atoms with Crippen LogP contribution in [0.3, 0.4) is 0 Å². The van der Waals surface area contributed by atoms with Gasteiger partial charge in [0.1, 0.15) is 18.1 Å². The van der Waals surface area contributed by atoms with Crippen molar-refractivity contribution in [1.29, 1.82) is 0 Å². The molecule has 11 N–H and O–H groups in total. The van der Waals surface area contributed by atoms with Crippen molar-refractivity contribution in [3.8, 4) is 0 Å². The van der Waals surface area contributed by atoms with E-state index in [9.17, 15) is 33.9 Å². The van der Waals surface area contributed by atoms with Crippen LogP contribution in [-0.2, 0) is 35.2 Å². The number of primary amides is 2. The van der Waals surface area contributed by atoms with E-state index in [0.29, 0.717) is 12.1 Å². The second kappa shape index (κ2) is 14.4. The number of nitrogens with one attached hydrogen (secondary N) is 4. The molecule has 0 radical (unpaired) electrons. The van der Waals surface area contributed by atoms with E-state index in [4.69, 9.17) is 17.2 Å². The van der Waals surface area contributed by atoms with Crippen LogP contribution in [0.15, 0.2) is 12.5 Å². The minimum Gasteiger partial charge on any atom is -0.480 e. The molecule has 1 rings (SSSR count). The first-order valence-electron chi connectivity index (χ1n) is 11.3. The number of carboxylic acid groups (broad SMARTS) is 1. The Morgan fingerprint density at radius 2 is 1.64 bits per heavy atom. The van der Waals surface area contributed by atoms with Crippen molar-refractivity contribution in [2.75, 3.05) is 0 Å². The van der Waals surface area contributed by atoms with Gasteiger partial charge in [0.05, 0.1) is 18.8 Å². The molecule has 0 aliphatic heterocycles. The standard InChI is InChI=1S/C21H34N8O7/c1-3-10(2)17(20(34)27-13(21(35)36)4-5-15(23)30)29-19(33)14(7-16(24)31)28-18(32)12(22)6-11-8-25-9-26-11/h8-10,12-14,17H,3-7,22H2,1-2H3,(H2,23,30)(H2,24,31)(H,25,26)(H,27,34)(H,28,32)(H,29,33)(H,35,36). The lowest BCUT2D eigenvalue weighted by Gasteiger charge is -2.27. The third-order valence-corrected chi connectivity index (χ3v) is 5.46. The van der Waals surface area contributed by atoms with Gasteiger partial charge in [-0.25, -0.2) is 9.78 Å². The molecule has 0 aromatic carbocycles. The topological polar surface area (TPSA) is 265 Å². The highest BCUT2D eigenvalue weighted by Crippen LogP contribution is 2.10. The lowest BCUT2D eigenvalue weighted by Crippen LogP contribution is -2.59. The average Bonchev–Trinajstić information content (AvgIpc) is 3.31. The molecule has 0 bridgehead atoms. The first-order chi connectivity index (χ1) is 16.8. The Morgan fingerprint density at radius 3 is 2.14 bits per heavy atom. The van der Waals surface area contributed by atoms with Crippen LogP contribution in [0.5, 0.6) is 0 Å². The molecule has 5 amide bonds. The Hall–Kier alpha value is -4.01. The highest BCUT2D eigenvalue weighted by Gasteiger charge is 2.33. The molecular weight excluding hydrogens is 476 g/mol. The summed E-state index contributed by atoms with van der Waals surface area (Å²) < 4.78 is 0. The highest BCUT2D eigenvalue weighted by molar-refractivity contribution is 5.96. The van der Waals surface area contributed by atoms with Crippen LogP contribution in [0, 0.1) is 5.92 Å². The number of carboxylic acids is 1. The van der Waals surface area contributed by atoms with Crippen LogP contribution < -0.4 is 33.2 Å². The quantitative estimate of drug-likeness (QED) is 0.112. The largest absolute Gasteiger partial charge is 0.480 e. The Kier molecular flexibility index (Phi) is 12.0. The van der Waals surface area contributed by atoms with Gasteiger partial charge in [0.15, 0.2) is 0 Å². The zero-order valence-corrected chi connectivity index (χ0v) is 20.2. The maximum Gasteiger partial charge on any atom is 0.326 e. The van der Waals surface area contributed by atoms with Crippen molar-refractivity contribution < 1.29 is 33.9 Å². The van der Waals surface area contributed by atoms with Crippen LogP contribution in [0.1, 0.15) is 45.2 Å². The van der Waals surface area contributed by atoms with Crippen molar-refractivity contribution in [2.45, 2.75) is 70.1 Å². The molecule has 0 spiro atoms. The third kappa shape index (κ3) is 10.1. The van der Waals surface area contributed by atoms with E-state index in [1.165, 1.54) is 12.5 Å². The summed E-state index contributed by atoms with van der Waals surface area (Å²) in [6, 6.07) is -5.16. The number of hydrogen-bond acceptors (Lipinski definition) is 8. The fourth-order valence-electron chi connectivity index (χ4n) is 3.18. The number of H-pyrrole nitrogens is 1. The van der Waals surface area contributed by atoms with Crippen LogP contribution in [0.25, 0.3) is 0 Å².